The third-order valence-corrected chi connectivity index (χ3v) is 2.56. The van der Waals surface area contributed by atoms with Crippen molar-refractivity contribution in [3.05, 3.63) is 17.4 Å². The summed E-state index contributed by atoms with van der Waals surface area (Å²) in [5.41, 5.74) is 5.89. The molecular weight excluding hydrogens is 225 g/mol. The Bertz CT molecular complexity index is 383. The van der Waals surface area contributed by atoms with Crippen molar-refractivity contribution in [1.82, 2.24) is 0 Å². The summed E-state index contributed by atoms with van der Waals surface area (Å²) in [6, 6.07) is 1.59. The lowest BCUT2D eigenvalue weighted by Crippen LogP contribution is -2.01. The highest BCUT2D eigenvalue weighted by Gasteiger charge is 2.18. The molecule has 4 nitrogen and oxygen atoms in total. The van der Waals surface area contributed by atoms with Crippen molar-refractivity contribution in [1.29, 1.82) is 0 Å². The zero-order valence-corrected chi connectivity index (χ0v) is 10.1. The Labute approximate surface area is 100 Å². The molecule has 0 spiro atoms. The smallest absolute Gasteiger partial charge is 0.210 e. The number of hydrogen-bond donors (Lipinski definition) is 2. The van der Waals surface area contributed by atoms with E-state index >= 15 is 0 Å². The van der Waals surface area contributed by atoms with Crippen molar-refractivity contribution in [2.24, 2.45) is 5.73 Å². The van der Waals surface area contributed by atoms with Crippen molar-refractivity contribution >= 4 is 0 Å². The number of phenolic OH excluding ortho intramolecular Hbond substituents is 1. The molecule has 0 aliphatic heterocycles. The first-order valence-electron chi connectivity index (χ1n) is 5.48. The monoisotopic (exact) mass is 243 g/mol. The fourth-order valence-electron chi connectivity index (χ4n) is 1.64. The molecule has 1 aromatic rings. The third-order valence-electron chi connectivity index (χ3n) is 2.56. The van der Waals surface area contributed by atoms with Crippen LogP contribution in [0.2, 0.25) is 0 Å². The van der Waals surface area contributed by atoms with Crippen LogP contribution in [0, 0.1) is 5.82 Å². The molecule has 0 aromatic heterocycles. The van der Waals surface area contributed by atoms with Gasteiger partial charge in [-0.2, -0.15) is 4.39 Å². The number of aryl methyl sites for hydroxylation is 1. The predicted octanol–water partition coefficient (Wildman–Crippen LogP) is 1.83. The molecule has 0 bridgehead atoms. The van der Waals surface area contributed by atoms with Gasteiger partial charge in [0.05, 0.1) is 14.2 Å². The molecule has 0 aliphatic carbocycles. The van der Waals surface area contributed by atoms with Gasteiger partial charge in [0.15, 0.2) is 11.5 Å². The molecule has 0 radical (unpaired) electrons. The summed E-state index contributed by atoms with van der Waals surface area (Å²) in [6.45, 7) is 0.580. The molecular formula is C12H18FNO3. The average Bonchev–Trinajstić information content (AvgIpc) is 2.34. The topological polar surface area (TPSA) is 64.7 Å². The number of ether oxygens (including phenoxy) is 2. The van der Waals surface area contributed by atoms with Crippen LogP contribution >= 0.6 is 0 Å². The number of aromatic hydroxyl groups is 1. The van der Waals surface area contributed by atoms with E-state index < -0.39 is 5.82 Å². The maximum absolute atomic E-state index is 13.7. The van der Waals surface area contributed by atoms with Gasteiger partial charge in [-0.15, -0.1) is 0 Å². The first-order valence-corrected chi connectivity index (χ1v) is 5.48. The summed E-state index contributed by atoms with van der Waals surface area (Å²) in [5, 5.41) is 9.69. The lowest BCUT2D eigenvalue weighted by molar-refractivity contribution is 0.324. The summed E-state index contributed by atoms with van der Waals surface area (Å²) in [5.74, 6) is -0.951. The first-order chi connectivity index (χ1) is 8.15. The highest BCUT2D eigenvalue weighted by molar-refractivity contribution is 5.51. The van der Waals surface area contributed by atoms with Gasteiger partial charge in [0.1, 0.15) is 0 Å². The minimum Gasteiger partial charge on any atom is -0.505 e. The summed E-state index contributed by atoms with van der Waals surface area (Å²) < 4.78 is 23.6. The minimum atomic E-state index is -0.783. The Kier molecular flexibility index (Phi) is 5.03. The Balaban J connectivity index is 3.02. The van der Waals surface area contributed by atoms with Gasteiger partial charge < -0.3 is 20.3 Å². The summed E-state index contributed by atoms with van der Waals surface area (Å²) in [6.07, 6.45) is 2.18. The SMILES string of the molecule is COc1cc(CCCCN)c(O)c(F)c1OC. The standard InChI is InChI=1S/C12H18FNO3/c1-16-9-7-8(5-3-4-6-14)11(15)10(13)12(9)17-2/h7,15H,3-6,14H2,1-2H3. The van der Waals surface area contributed by atoms with Crippen LogP contribution in [0.25, 0.3) is 0 Å². The van der Waals surface area contributed by atoms with Crippen molar-refractivity contribution in [2.45, 2.75) is 19.3 Å². The Morgan fingerprint density at radius 3 is 2.53 bits per heavy atom. The Hall–Kier alpha value is -1.49. The molecule has 0 amide bonds. The number of unbranched alkanes of at least 4 members (excludes halogenated alkanes) is 1. The quantitative estimate of drug-likeness (QED) is 0.748. The van der Waals surface area contributed by atoms with Crippen LogP contribution in [0.5, 0.6) is 17.2 Å². The van der Waals surface area contributed by atoms with E-state index in [1.165, 1.54) is 14.2 Å². The van der Waals surface area contributed by atoms with Gasteiger partial charge in [0.25, 0.3) is 0 Å². The van der Waals surface area contributed by atoms with Gasteiger partial charge in [-0.05, 0) is 31.9 Å². The van der Waals surface area contributed by atoms with Crippen LogP contribution < -0.4 is 15.2 Å². The second-order valence-electron chi connectivity index (χ2n) is 3.68. The van der Waals surface area contributed by atoms with Crippen LogP contribution in [0.1, 0.15) is 18.4 Å². The number of halogens is 1. The van der Waals surface area contributed by atoms with Gasteiger partial charge in [-0.25, -0.2) is 0 Å². The predicted molar refractivity (Wildman–Crippen MR) is 63.2 cm³/mol. The number of rotatable bonds is 6. The second kappa shape index (κ2) is 6.30. The van der Waals surface area contributed by atoms with E-state index in [2.05, 4.69) is 0 Å². The van der Waals surface area contributed by atoms with Gasteiger partial charge in [0.2, 0.25) is 11.6 Å². The highest BCUT2D eigenvalue weighted by atomic mass is 19.1. The van der Waals surface area contributed by atoms with E-state index in [0.717, 1.165) is 12.8 Å². The van der Waals surface area contributed by atoms with E-state index in [9.17, 15) is 9.50 Å². The molecule has 0 unspecified atom stereocenters. The van der Waals surface area contributed by atoms with E-state index in [-0.39, 0.29) is 17.2 Å². The highest BCUT2D eigenvalue weighted by Crippen LogP contribution is 2.38. The molecule has 0 saturated carbocycles. The summed E-state index contributed by atoms with van der Waals surface area (Å²) >= 11 is 0. The van der Waals surface area contributed by atoms with Crippen LogP contribution in [-0.2, 0) is 6.42 Å². The summed E-state index contributed by atoms with van der Waals surface area (Å²) in [7, 11) is 2.76. The lowest BCUT2D eigenvalue weighted by atomic mass is 10.1. The lowest BCUT2D eigenvalue weighted by Gasteiger charge is -2.13. The molecule has 96 valence electrons. The van der Waals surface area contributed by atoms with Gasteiger partial charge in [0, 0.05) is 5.56 Å². The van der Waals surface area contributed by atoms with Gasteiger partial charge in [-0.3, -0.25) is 0 Å². The van der Waals surface area contributed by atoms with E-state index in [1.54, 1.807) is 6.07 Å². The molecule has 17 heavy (non-hydrogen) atoms. The molecule has 0 saturated heterocycles. The molecule has 5 heteroatoms. The fourth-order valence-corrected chi connectivity index (χ4v) is 1.64. The fraction of sp³-hybridized carbons (Fsp3) is 0.500. The number of hydrogen-bond acceptors (Lipinski definition) is 4. The Morgan fingerprint density at radius 1 is 1.29 bits per heavy atom. The second-order valence-corrected chi connectivity index (χ2v) is 3.68. The molecule has 1 rings (SSSR count). The molecule has 0 heterocycles. The van der Waals surface area contributed by atoms with Crippen molar-refractivity contribution in [3.8, 4) is 17.2 Å². The van der Waals surface area contributed by atoms with Crippen molar-refractivity contribution < 1.29 is 19.0 Å². The van der Waals surface area contributed by atoms with Crippen LogP contribution in [0.3, 0.4) is 0 Å². The van der Waals surface area contributed by atoms with Crippen LogP contribution in [0.15, 0.2) is 6.07 Å². The van der Waals surface area contributed by atoms with E-state index in [1.807, 2.05) is 0 Å². The minimum absolute atomic E-state index is 0.0763. The molecule has 3 N–H and O–H groups in total. The molecule has 0 fully saturated rings. The third kappa shape index (κ3) is 3.00. The summed E-state index contributed by atoms with van der Waals surface area (Å²) in [4.78, 5) is 0. The maximum Gasteiger partial charge on any atom is 0.210 e. The normalized spacial score (nSPS) is 10.4. The van der Waals surface area contributed by atoms with Crippen LogP contribution in [0.4, 0.5) is 4.39 Å². The zero-order valence-electron chi connectivity index (χ0n) is 10.1. The number of phenols is 1. The maximum atomic E-state index is 13.7. The van der Waals surface area contributed by atoms with Gasteiger partial charge >= 0.3 is 0 Å². The van der Waals surface area contributed by atoms with Crippen molar-refractivity contribution in [3.63, 3.8) is 0 Å². The first kappa shape index (κ1) is 13.6. The zero-order chi connectivity index (χ0) is 12.8. The average molecular weight is 243 g/mol. The van der Waals surface area contributed by atoms with E-state index in [4.69, 9.17) is 15.2 Å². The number of benzene rings is 1. The van der Waals surface area contributed by atoms with Gasteiger partial charge in [-0.1, -0.05) is 0 Å². The number of methoxy groups -OCH3 is 2. The number of nitrogens with two attached hydrogens (primary N) is 1. The Morgan fingerprint density at radius 2 is 2.00 bits per heavy atom. The largest absolute Gasteiger partial charge is 0.505 e. The van der Waals surface area contributed by atoms with Crippen molar-refractivity contribution in [2.75, 3.05) is 20.8 Å². The van der Waals surface area contributed by atoms with E-state index in [0.29, 0.717) is 18.5 Å². The van der Waals surface area contributed by atoms with Crippen LogP contribution in [-0.4, -0.2) is 25.9 Å². The molecule has 0 atom stereocenters. The molecule has 1 aromatic carbocycles. The molecule has 0 aliphatic rings.